The summed E-state index contributed by atoms with van der Waals surface area (Å²) in [7, 11) is 0. The summed E-state index contributed by atoms with van der Waals surface area (Å²) >= 11 is 1.81. The molecule has 104 valence electrons. The number of anilines is 1. The molecule has 3 rings (SSSR count). The molecule has 0 aliphatic rings. The molecule has 0 saturated carbocycles. The van der Waals surface area contributed by atoms with Gasteiger partial charge in [0.2, 0.25) is 0 Å². The molecule has 2 heterocycles. The highest BCUT2D eigenvalue weighted by molar-refractivity contribution is 7.12. The fourth-order valence-corrected chi connectivity index (χ4v) is 3.20. The maximum Gasteiger partial charge on any atom is 0.103 e. The molecule has 1 N–H and O–H groups in total. The second-order valence-electron chi connectivity index (χ2n) is 4.75. The van der Waals surface area contributed by atoms with Crippen LogP contribution in [0.2, 0.25) is 0 Å². The first kappa shape index (κ1) is 13.6. The first-order valence-corrected chi connectivity index (χ1v) is 7.72. The minimum absolute atomic E-state index is 0.584. The van der Waals surface area contributed by atoms with Crippen molar-refractivity contribution < 1.29 is 0 Å². The summed E-state index contributed by atoms with van der Waals surface area (Å²) in [6, 6.07) is 14.4. The highest BCUT2D eigenvalue weighted by Gasteiger charge is 2.08. The zero-order chi connectivity index (χ0) is 14.7. The number of aryl methyl sites for hydroxylation is 1. The van der Waals surface area contributed by atoms with Crippen molar-refractivity contribution in [3.63, 3.8) is 0 Å². The van der Waals surface area contributed by atoms with Gasteiger partial charge in [-0.1, -0.05) is 25.1 Å². The van der Waals surface area contributed by atoms with Crippen LogP contribution in [0.3, 0.4) is 0 Å². The minimum atomic E-state index is 0.584. The standard InChI is InChI=1S/C17H15N3S/c1-2-13-7-8-14(21-13)11-20-17-12(9-18)10-19-16-6-4-3-5-15(16)17/h3-8,10H,2,11H2,1H3,(H,19,20). The largest absolute Gasteiger partial charge is 0.378 e. The van der Waals surface area contributed by atoms with E-state index in [1.54, 1.807) is 6.20 Å². The van der Waals surface area contributed by atoms with Crippen LogP contribution in [0, 0.1) is 11.3 Å². The molecule has 1 aromatic carbocycles. The van der Waals surface area contributed by atoms with Crippen molar-refractivity contribution in [3.05, 3.63) is 57.9 Å². The Morgan fingerprint density at radius 1 is 1.19 bits per heavy atom. The molecule has 21 heavy (non-hydrogen) atoms. The van der Waals surface area contributed by atoms with Gasteiger partial charge in [0.1, 0.15) is 6.07 Å². The topological polar surface area (TPSA) is 48.7 Å². The number of benzene rings is 1. The lowest BCUT2D eigenvalue weighted by atomic mass is 10.1. The first-order valence-electron chi connectivity index (χ1n) is 6.91. The number of rotatable bonds is 4. The maximum absolute atomic E-state index is 9.29. The molecule has 2 aromatic heterocycles. The number of aromatic nitrogens is 1. The van der Waals surface area contributed by atoms with E-state index >= 15 is 0 Å². The Morgan fingerprint density at radius 2 is 2.00 bits per heavy atom. The summed E-state index contributed by atoms with van der Waals surface area (Å²) in [5.74, 6) is 0. The third-order valence-electron chi connectivity index (χ3n) is 3.40. The normalized spacial score (nSPS) is 10.5. The van der Waals surface area contributed by atoms with Gasteiger partial charge in [0, 0.05) is 27.9 Å². The van der Waals surface area contributed by atoms with Crippen molar-refractivity contribution in [2.75, 3.05) is 5.32 Å². The highest BCUT2D eigenvalue weighted by Crippen LogP contribution is 2.27. The Bertz CT molecular complexity index is 814. The van der Waals surface area contributed by atoms with Crippen LogP contribution in [0.15, 0.2) is 42.6 Å². The monoisotopic (exact) mass is 293 g/mol. The number of nitriles is 1. The second kappa shape index (κ2) is 5.94. The van der Waals surface area contributed by atoms with Gasteiger partial charge in [0.05, 0.1) is 16.8 Å². The van der Waals surface area contributed by atoms with Gasteiger partial charge in [-0.15, -0.1) is 11.3 Å². The zero-order valence-electron chi connectivity index (χ0n) is 11.8. The predicted octanol–water partition coefficient (Wildman–Crippen LogP) is 4.34. The van der Waals surface area contributed by atoms with Gasteiger partial charge in [-0.25, -0.2) is 0 Å². The number of hydrogen-bond donors (Lipinski definition) is 1. The lowest BCUT2D eigenvalue weighted by molar-refractivity contribution is 1.19. The van der Waals surface area contributed by atoms with Crippen LogP contribution in [0.5, 0.6) is 0 Å². The molecule has 0 aliphatic heterocycles. The van der Waals surface area contributed by atoms with E-state index in [2.05, 4.69) is 35.4 Å². The number of para-hydroxylation sites is 1. The smallest absolute Gasteiger partial charge is 0.103 e. The molecule has 3 aromatic rings. The molecule has 0 fully saturated rings. The molecule has 3 nitrogen and oxygen atoms in total. The van der Waals surface area contributed by atoms with Crippen LogP contribution in [0.1, 0.15) is 22.2 Å². The molecule has 4 heteroatoms. The fourth-order valence-electron chi connectivity index (χ4n) is 2.30. The van der Waals surface area contributed by atoms with Crippen molar-refractivity contribution in [2.24, 2.45) is 0 Å². The third-order valence-corrected chi connectivity index (χ3v) is 4.63. The number of thiophene rings is 1. The highest BCUT2D eigenvalue weighted by atomic mass is 32.1. The van der Waals surface area contributed by atoms with Gasteiger partial charge in [-0.05, 0) is 24.6 Å². The number of nitrogens with one attached hydrogen (secondary N) is 1. The van der Waals surface area contributed by atoms with E-state index in [0.717, 1.165) is 29.6 Å². The molecular formula is C17H15N3S. The zero-order valence-corrected chi connectivity index (χ0v) is 12.6. The Labute approximate surface area is 127 Å². The van der Waals surface area contributed by atoms with E-state index in [1.165, 1.54) is 9.75 Å². The van der Waals surface area contributed by atoms with Crippen LogP contribution in [-0.4, -0.2) is 4.98 Å². The van der Waals surface area contributed by atoms with Gasteiger partial charge in [0.25, 0.3) is 0 Å². The molecule has 0 atom stereocenters. The Kier molecular flexibility index (Phi) is 3.85. The van der Waals surface area contributed by atoms with Crippen LogP contribution in [0.4, 0.5) is 5.69 Å². The van der Waals surface area contributed by atoms with Crippen molar-refractivity contribution >= 4 is 27.9 Å². The van der Waals surface area contributed by atoms with Gasteiger partial charge < -0.3 is 5.32 Å². The van der Waals surface area contributed by atoms with Gasteiger partial charge >= 0.3 is 0 Å². The summed E-state index contributed by atoms with van der Waals surface area (Å²) in [5, 5.41) is 13.7. The molecular weight excluding hydrogens is 278 g/mol. The van der Waals surface area contributed by atoms with Crippen molar-refractivity contribution in [3.8, 4) is 6.07 Å². The molecule has 0 unspecified atom stereocenters. The van der Waals surface area contributed by atoms with E-state index in [4.69, 9.17) is 0 Å². The molecule has 0 bridgehead atoms. The van der Waals surface area contributed by atoms with Gasteiger partial charge in [-0.3, -0.25) is 4.98 Å². The predicted molar refractivity (Wildman–Crippen MR) is 87.5 cm³/mol. The van der Waals surface area contributed by atoms with E-state index in [9.17, 15) is 5.26 Å². The second-order valence-corrected chi connectivity index (χ2v) is 6.00. The molecule has 0 aliphatic carbocycles. The van der Waals surface area contributed by atoms with Gasteiger partial charge in [-0.2, -0.15) is 5.26 Å². The number of pyridine rings is 1. The van der Waals surface area contributed by atoms with Gasteiger partial charge in [0.15, 0.2) is 0 Å². The number of fused-ring (bicyclic) bond motifs is 1. The van der Waals surface area contributed by atoms with E-state index in [0.29, 0.717) is 5.56 Å². The molecule has 0 saturated heterocycles. The van der Waals surface area contributed by atoms with Crippen LogP contribution in [0.25, 0.3) is 10.9 Å². The SMILES string of the molecule is CCc1ccc(CNc2c(C#N)cnc3ccccc23)s1. The maximum atomic E-state index is 9.29. The average molecular weight is 293 g/mol. The summed E-state index contributed by atoms with van der Waals surface area (Å²) < 4.78 is 0. The minimum Gasteiger partial charge on any atom is -0.378 e. The van der Waals surface area contributed by atoms with Crippen LogP contribution >= 0.6 is 11.3 Å². The van der Waals surface area contributed by atoms with Crippen LogP contribution in [-0.2, 0) is 13.0 Å². The van der Waals surface area contributed by atoms with E-state index in [-0.39, 0.29) is 0 Å². The summed E-state index contributed by atoms with van der Waals surface area (Å²) in [6.07, 6.45) is 2.70. The Balaban J connectivity index is 1.93. The van der Waals surface area contributed by atoms with E-state index < -0.39 is 0 Å². The first-order chi connectivity index (χ1) is 10.3. The third kappa shape index (κ3) is 2.74. The van der Waals surface area contributed by atoms with Crippen LogP contribution < -0.4 is 5.32 Å². The molecule has 0 spiro atoms. The number of hydrogen-bond acceptors (Lipinski definition) is 4. The van der Waals surface area contributed by atoms with Crippen molar-refractivity contribution in [1.82, 2.24) is 4.98 Å². The number of nitrogens with zero attached hydrogens (tertiary/aromatic N) is 2. The van der Waals surface area contributed by atoms with Crippen molar-refractivity contribution in [2.45, 2.75) is 19.9 Å². The van der Waals surface area contributed by atoms with E-state index in [1.807, 2.05) is 35.6 Å². The lowest BCUT2D eigenvalue weighted by Crippen LogP contribution is -2.01. The lowest BCUT2D eigenvalue weighted by Gasteiger charge is -2.10. The summed E-state index contributed by atoms with van der Waals surface area (Å²) in [5.41, 5.74) is 2.36. The Morgan fingerprint density at radius 3 is 2.76 bits per heavy atom. The summed E-state index contributed by atoms with van der Waals surface area (Å²) in [6.45, 7) is 2.89. The molecule has 0 radical (unpaired) electrons. The summed E-state index contributed by atoms with van der Waals surface area (Å²) in [4.78, 5) is 6.98. The quantitative estimate of drug-likeness (QED) is 0.778. The fraction of sp³-hybridized carbons (Fsp3) is 0.176. The average Bonchev–Trinajstić information content (AvgIpc) is 3.00. The Hall–Kier alpha value is -2.38. The van der Waals surface area contributed by atoms with Crippen molar-refractivity contribution in [1.29, 1.82) is 5.26 Å². The molecule has 0 amide bonds.